The summed E-state index contributed by atoms with van der Waals surface area (Å²) in [5.74, 6) is -0.824. The number of amides is 1. The van der Waals surface area contributed by atoms with Crippen LogP contribution in [0.1, 0.15) is 24.0 Å². The number of nitro groups is 1. The molecule has 31 heavy (non-hydrogen) atoms. The molecule has 0 saturated carbocycles. The average Bonchev–Trinajstić information content (AvgIpc) is 2.77. The Morgan fingerprint density at radius 3 is 2.23 bits per heavy atom. The molecule has 0 aromatic heterocycles. The Morgan fingerprint density at radius 2 is 1.61 bits per heavy atom. The number of esters is 1. The van der Waals surface area contributed by atoms with Gasteiger partial charge >= 0.3 is 5.97 Å². The van der Waals surface area contributed by atoms with Crippen molar-refractivity contribution >= 4 is 23.3 Å². The first-order valence-corrected chi connectivity index (χ1v) is 9.55. The van der Waals surface area contributed by atoms with E-state index in [4.69, 9.17) is 9.47 Å². The topological polar surface area (TPSA) is 108 Å². The maximum absolute atomic E-state index is 13.1. The van der Waals surface area contributed by atoms with Crippen molar-refractivity contribution < 1.29 is 24.0 Å². The van der Waals surface area contributed by atoms with Crippen LogP contribution in [0.2, 0.25) is 0 Å². The van der Waals surface area contributed by atoms with Crippen molar-refractivity contribution in [1.82, 2.24) is 0 Å². The number of benzene rings is 3. The van der Waals surface area contributed by atoms with Crippen LogP contribution in [-0.4, -0.2) is 22.9 Å². The highest BCUT2D eigenvalue weighted by atomic mass is 16.6. The third-order valence-corrected chi connectivity index (χ3v) is 4.90. The molecule has 0 saturated heterocycles. The van der Waals surface area contributed by atoms with Gasteiger partial charge in [0.15, 0.2) is 6.10 Å². The minimum atomic E-state index is -1.12. The first kappa shape index (κ1) is 20.1. The van der Waals surface area contributed by atoms with Crippen LogP contribution in [0.15, 0.2) is 72.8 Å². The monoisotopic (exact) mass is 418 g/mol. The van der Waals surface area contributed by atoms with E-state index in [9.17, 15) is 19.7 Å². The van der Waals surface area contributed by atoms with E-state index < -0.39 is 28.8 Å². The summed E-state index contributed by atoms with van der Waals surface area (Å²) in [6.45, 7) is 1.45. The van der Waals surface area contributed by atoms with Gasteiger partial charge in [-0.15, -0.1) is 0 Å². The summed E-state index contributed by atoms with van der Waals surface area (Å²) in [7, 11) is 0. The lowest BCUT2D eigenvalue weighted by atomic mass is 9.88. The number of nitrogens with zero attached hydrogens (tertiary/aromatic N) is 1. The quantitative estimate of drug-likeness (QED) is 0.374. The van der Waals surface area contributed by atoms with Gasteiger partial charge in [0.2, 0.25) is 0 Å². The lowest BCUT2D eigenvalue weighted by Gasteiger charge is -2.27. The summed E-state index contributed by atoms with van der Waals surface area (Å²) in [5, 5.41) is 13.4. The van der Waals surface area contributed by atoms with Crippen molar-refractivity contribution in [2.24, 2.45) is 0 Å². The Hall–Kier alpha value is -4.20. The zero-order valence-electron chi connectivity index (χ0n) is 16.5. The summed E-state index contributed by atoms with van der Waals surface area (Å²) in [4.78, 5) is 36.0. The van der Waals surface area contributed by atoms with Gasteiger partial charge in [0, 0.05) is 28.9 Å². The number of anilines is 1. The van der Waals surface area contributed by atoms with E-state index in [2.05, 4.69) is 5.32 Å². The van der Waals surface area contributed by atoms with E-state index in [1.54, 1.807) is 36.4 Å². The summed E-state index contributed by atoms with van der Waals surface area (Å²) >= 11 is 0. The van der Waals surface area contributed by atoms with E-state index in [1.807, 2.05) is 12.1 Å². The number of carbonyl (C=O) groups excluding carboxylic acids is 2. The Labute approximate surface area is 177 Å². The molecule has 3 aromatic rings. The smallest absolute Gasteiger partial charge is 0.318 e. The molecule has 0 unspecified atom stereocenters. The van der Waals surface area contributed by atoms with Crippen molar-refractivity contribution in [3.8, 4) is 11.5 Å². The highest BCUT2D eigenvalue weighted by molar-refractivity contribution is 5.96. The molecular formula is C23H18N2O6. The van der Waals surface area contributed by atoms with Crippen molar-refractivity contribution in [2.75, 3.05) is 5.32 Å². The highest BCUT2D eigenvalue weighted by Gasteiger charge is 2.35. The summed E-state index contributed by atoms with van der Waals surface area (Å²) < 4.78 is 11.4. The maximum atomic E-state index is 13.1. The van der Waals surface area contributed by atoms with E-state index in [-0.39, 0.29) is 11.4 Å². The number of nitrogens with one attached hydrogen (secondary N) is 1. The standard InChI is InChI=1S/C23H18N2O6/c1-14(22(26)24-15-7-6-8-16(13-15)25(28)29)30-23(27)21-17-9-2-4-11-19(17)31-20-12-5-3-10-18(20)21/h2-14,21H,1H3,(H,24,26)/t14-/m1/s1. The second-order valence-corrected chi connectivity index (χ2v) is 6.99. The fraction of sp³-hybridized carbons (Fsp3) is 0.130. The molecule has 1 aliphatic rings. The van der Waals surface area contributed by atoms with Crippen LogP contribution in [0.4, 0.5) is 11.4 Å². The van der Waals surface area contributed by atoms with Crippen LogP contribution in [-0.2, 0) is 14.3 Å². The highest BCUT2D eigenvalue weighted by Crippen LogP contribution is 2.44. The predicted molar refractivity (Wildman–Crippen MR) is 112 cm³/mol. The number of hydrogen-bond acceptors (Lipinski definition) is 6. The van der Waals surface area contributed by atoms with Crippen LogP contribution in [0.25, 0.3) is 0 Å². The Kier molecular flexibility index (Phi) is 5.36. The zero-order valence-corrected chi connectivity index (χ0v) is 16.5. The number of nitro benzene ring substituents is 1. The molecule has 4 rings (SSSR count). The largest absolute Gasteiger partial charge is 0.457 e. The molecule has 1 amide bonds. The number of non-ortho nitro benzene ring substituents is 1. The second kappa shape index (κ2) is 8.27. The maximum Gasteiger partial charge on any atom is 0.318 e. The van der Waals surface area contributed by atoms with E-state index in [1.165, 1.54) is 31.2 Å². The summed E-state index contributed by atoms with van der Waals surface area (Å²) in [5.41, 5.74) is 1.39. The lowest BCUT2D eigenvalue weighted by Crippen LogP contribution is -2.32. The lowest BCUT2D eigenvalue weighted by molar-refractivity contribution is -0.384. The van der Waals surface area contributed by atoms with Crippen molar-refractivity contribution in [1.29, 1.82) is 0 Å². The molecule has 1 aliphatic heterocycles. The normalized spacial score (nSPS) is 13.2. The second-order valence-electron chi connectivity index (χ2n) is 6.99. The molecule has 1 atom stereocenters. The first-order chi connectivity index (χ1) is 14.9. The van der Waals surface area contributed by atoms with Crippen LogP contribution in [0, 0.1) is 10.1 Å². The van der Waals surface area contributed by atoms with Gasteiger partial charge in [-0.05, 0) is 25.1 Å². The summed E-state index contributed by atoms with van der Waals surface area (Å²) in [6.07, 6.45) is -1.12. The van der Waals surface area contributed by atoms with Crippen LogP contribution in [0.5, 0.6) is 11.5 Å². The van der Waals surface area contributed by atoms with Crippen molar-refractivity contribution in [3.05, 3.63) is 94.0 Å². The number of hydrogen-bond donors (Lipinski definition) is 1. The number of para-hydroxylation sites is 2. The summed E-state index contributed by atoms with van der Waals surface area (Å²) in [6, 6.07) is 19.9. The molecule has 1 heterocycles. The third-order valence-electron chi connectivity index (χ3n) is 4.90. The van der Waals surface area contributed by atoms with Crippen LogP contribution < -0.4 is 10.1 Å². The Morgan fingerprint density at radius 1 is 1.00 bits per heavy atom. The minimum Gasteiger partial charge on any atom is -0.457 e. The molecule has 8 heteroatoms. The van der Waals surface area contributed by atoms with Gasteiger partial charge in [-0.3, -0.25) is 19.7 Å². The van der Waals surface area contributed by atoms with Gasteiger partial charge in [-0.1, -0.05) is 42.5 Å². The van der Waals surface area contributed by atoms with Crippen molar-refractivity contribution in [3.63, 3.8) is 0 Å². The number of ether oxygens (including phenoxy) is 2. The van der Waals surface area contributed by atoms with Gasteiger partial charge in [0.25, 0.3) is 11.6 Å². The number of carbonyl (C=O) groups is 2. The molecular weight excluding hydrogens is 400 g/mol. The third kappa shape index (κ3) is 4.09. The predicted octanol–water partition coefficient (Wildman–Crippen LogP) is 4.40. The van der Waals surface area contributed by atoms with E-state index in [0.29, 0.717) is 22.6 Å². The van der Waals surface area contributed by atoms with E-state index >= 15 is 0 Å². The van der Waals surface area contributed by atoms with E-state index in [0.717, 1.165) is 0 Å². The molecule has 0 fully saturated rings. The average molecular weight is 418 g/mol. The SMILES string of the molecule is C[C@@H](OC(=O)C1c2ccccc2Oc2ccccc21)C(=O)Nc1cccc([N+](=O)[O-])c1. The van der Waals surface area contributed by atoms with Gasteiger partial charge in [-0.2, -0.15) is 0 Å². The molecule has 8 nitrogen and oxygen atoms in total. The molecule has 1 N–H and O–H groups in total. The zero-order chi connectivity index (χ0) is 22.0. The molecule has 3 aromatic carbocycles. The van der Waals surface area contributed by atoms with Gasteiger partial charge < -0.3 is 14.8 Å². The minimum absolute atomic E-state index is 0.155. The molecule has 0 radical (unpaired) electrons. The van der Waals surface area contributed by atoms with Crippen LogP contribution >= 0.6 is 0 Å². The number of rotatable bonds is 5. The van der Waals surface area contributed by atoms with Crippen molar-refractivity contribution in [2.45, 2.75) is 18.9 Å². The first-order valence-electron chi connectivity index (χ1n) is 9.55. The van der Waals surface area contributed by atoms with Crippen LogP contribution in [0.3, 0.4) is 0 Å². The molecule has 0 aliphatic carbocycles. The molecule has 0 spiro atoms. The number of fused-ring (bicyclic) bond motifs is 2. The van der Waals surface area contributed by atoms with Gasteiger partial charge in [-0.25, -0.2) is 0 Å². The molecule has 0 bridgehead atoms. The Balaban J connectivity index is 1.52. The van der Waals surface area contributed by atoms with Gasteiger partial charge in [0.05, 0.1) is 4.92 Å². The fourth-order valence-electron chi connectivity index (χ4n) is 3.40. The Bertz CT molecular complexity index is 1130. The molecule has 156 valence electrons. The fourth-order valence-corrected chi connectivity index (χ4v) is 3.40. The van der Waals surface area contributed by atoms with Gasteiger partial charge in [0.1, 0.15) is 17.4 Å².